The molecule has 30 heavy (non-hydrogen) atoms. The Balaban J connectivity index is 1.53. The van der Waals surface area contributed by atoms with E-state index in [-0.39, 0.29) is 0 Å². The monoisotopic (exact) mass is 414 g/mol. The summed E-state index contributed by atoms with van der Waals surface area (Å²) < 4.78 is 6.04. The van der Waals surface area contributed by atoms with Crippen molar-refractivity contribution in [3.05, 3.63) is 0 Å². The van der Waals surface area contributed by atoms with Crippen molar-refractivity contribution in [3.63, 3.8) is 0 Å². The molecule has 5 rings (SSSR count). The summed E-state index contributed by atoms with van der Waals surface area (Å²) in [5.41, 5.74) is 2.54. The fraction of sp³-hybridized carbons (Fsp3) is 1.00. The van der Waals surface area contributed by atoms with Gasteiger partial charge in [-0.3, -0.25) is 0 Å². The van der Waals surface area contributed by atoms with Crippen LogP contribution in [0.15, 0.2) is 0 Å². The van der Waals surface area contributed by atoms with Gasteiger partial charge in [0.2, 0.25) is 0 Å². The predicted molar refractivity (Wildman–Crippen MR) is 126 cm³/mol. The number of methoxy groups -OCH3 is 1. The van der Waals surface area contributed by atoms with Crippen LogP contribution in [0.2, 0.25) is 0 Å². The Morgan fingerprint density at radius 2 is 1.40 bits per heavy atom. The van der Waals surface area contributed by atoms with Gasteiger partial charge in [-0.2, -0.15) is 0 Å². The van der Waals surface area contributed by atoms with Crippen molar-refractivity contribution in [2.45, 2.75) is 119 Å². The van der Waals surface area contributed by atoms with Crippen LogP contribution in [0.3, 0.4) is 0 Å². The van der Waals surface area contributed by atoms with E-state index < -0.39 is 0 Å². The first-order chi connectivity index (χ1) is 13.9. The second-order valence-corrected chi connectivity index (χ2v) is 14.4. The molecule has 0 aromatic rings. The Bertz CT molecular complexity index is 696. The first-order valence-corrected chi connectivity index (χ1v) is 13.5. The molecule has 0 radical (unpaired) electrons. The number of ether oxygens (including phenoxy) is 1. The Kier molecular flexibility index (Phi) is 4.73. The molecule has 5 fully saturated rings. The predicted octanol–water partition coefficient (Wildman–Crippen LogP) is 8.12. The standard InChI is InChI=1S/C29H50O/c1-19-11-14-26(4)17-18-28(6)20(24(19)26)9-10-22-27(5)15-13-23(30-8)25(2,3)21(27)12-16-29(22,28)7/h19-24H,9-18H2,1-8H3/t19?,20?,21?,22?,23?,24?,26-,27?,28?,29?/m1/s1. The van der Waals surface area contributed by atoms with Crippen LogP contribution in [0.5, 0.6) is 0 Å². The Morgan fingerprint density at radius 3 is 2.10 bits per heavy atom. The van der Waals surface area contributed by atoms with Crippen LogP contribution in [0.4, 0.5) is 0 Å². The molecule has 1 nitrogen and oxygen atoms in total. The molecule has 0 aromatic carbocycles. The van der Waals surface area contributed by atoms with E-state index >= 15 is 0 Å². The maximum atomic E-state index is 6.04. The average molecular weight is 415 g/mol. The van der Waals surface area contributed by atoms with E-state index in [9.17, 15) is 0 Å². The zero-order valence-corrected chi connectivity index (χ0v) is 21.4. The number of hydrogen-bond donors (Lipinski definition) is 0. The Morgan fingerprint density at radius 1 is 0.667 bits per heavy atom. The van der Waals surface area contributed by atoms with Crippen molar-refractivity contribution in [1.82, 2.24) is 0 Å². The topological polar surface area (TPSA) is 9.23 Å². The first kappa shape index (κ1) is 21.8. The van der Waals surface area contributed by atoms with Crippen LogP contribution in [-0.4, -0.2) is 13.2 Å². The highest BCUT2D eigenvalue weighted by molar-refractivity contribution is 5.18. The minimum Gasteiger partial charge on any atom is -0.381 e. The molecule has 10 atom stereocenters. The van der Waals surface area contributed by atoms with Crippen molar-refractivity contribution in [1.29, 1.82) is 0 Å². The summed E-state index contributed by atoms with van der Waals surface area (Å²) >= 11 is 0. The number of hydrogen-bond acceptors (Lipinski definition) is 1. The number of rotatable bonds is 1. The van der Waals surface area contributed by atoms with Gasteiger partial charge in [0.05, 0.1) is 6.10 Å². The zero-order valence-electron chi connectivity index (χ0n) is 21.4. The number of fused-ring (bicyclic) bond motifs is 7. The van der Waals surface area contributed by atoms with Crippen molar-refractivity contribution in [2.75, 3.05) is 7.11 Å². The van der Waals surface area contributed by atoms with Gasteiger partial charge in [-0.05, 0) is 121 Å². The normalized spacial score (nSPS) is 59.6. The highest BCUT2D eigenvalue weighted by Gasteiger charge is 2.70. The van der Waals surface area contributed by atoms with Gasteiger partial charge < -0.3 is 4.74 Å². The molecule has 0 N–H and O–H groups in total. The molecule has 9 unspecified atom stereocenters. The second kappa shape index (κ2) is 6.51. The van der Waals surface area contributed by atoms with Gasteiger partial charge in [0, 0.05) is 7.11 Å². The lowest BCUT2D eigenvalue weighted by atomic mass is 9.32. The van der Waals surface area contributed by atoms with Crippen LogP contribution < -0.4 is 0 Å². The largest absolute Gasteiger partial charge is 0.381 e. The van der Waals surface area contributed by atoms with Crippen molar-refractivity contribution < 1.29 is 4.74 Å². The molecule has 5 saturated carbocycles. The van der Waals surface area contributed by atoms with Crippen LogP contribution in [-0.2, 0) is 4.74 Å². The van der Waals surface area contributed by atoms with E-state index in [0.29, 0.717) is 33.2 Å². The SMILES string of the molecule is COC1CCC2(C)C(CCC3(C)C2CCC2C4C(C)CC[C@]4(C)CCC23C)C1(C)C. The van der Waals surface area contributed by atoms with Gasteiger partial charge >= 0.3 is 0 Å². The molecule has 0 amide bonds. The van der Waals surface area contributed by atoms with Crippen LogP contribution in [0.1, 0.15) is 113 Å². The third-order valence-corrected chi connectivity index (χ3v) is 13.4. The molecule has 0 aliphatic heterocycles. The quantitative estimate of drug-likeness (QED) is 0.421. The van der Waals surface area contributed by atoms with Crippen LogP contribution in [0, 0.1) is 56.7 Å². The molecule has 0 aromatic heterocycles. The fourth-order valence-corrected chi connectivity index (χ4v) is 11.7. The second-order valence-electron chi connectivity index (χ2n) is 14.4. The summed E-state index contributed by atoms with van der Waals surface area (Å²) in [5, 5.41) is 0. The summed E-state index contributed by atoms with van der Waals surface area (Å²) in [6.45, 7) is 18.6. The summed E-state index contributed by atoms with van der Waals surface area (Å²) in [5.74, 6) is 4.63. The Hall–Kier alpha value is -0.0400. The molecule has 0 heterocycles. The van der Waals surface area contributed by atoms with Gasteiger partial charge in [-0.1, -0.05) is 48.5 Å². The maximum absolute atomic E-state index is 6.04. The third kappa shape index (κ3) is 2.46. The van der Waals surface area contributed by atoms with E-state index in [1.165, 1.54) is 64.2 Å². The fourth-order valence-electron chi connectivity index (χ4n) is 11.7. The van der Waals surface area contributed by atoms with E-state index in [1.54, 1.807) is 0 Å². The van der Waals surface area contributed by atoms with E-state index in [4.69, 9.17) is 4.74 Å². The molecule has 1 heteroatoms. The lowest BCUT2D eigenvalue weighted by Crippen LogP contribution is -2.66. The zero-order chi connectivity index (χ0) is 21.7. The van der Waals surface area contributed by atoms with E-state index in [2.05, 4.69) is 48.5 Å². The highest BCUT2D eigenvalue weighted by Crippen LogP contribution is 2.77. The summed E-state index contributed by atoms with van der Waals surface area (Å²) in [7, 11) is 1.95. The molecular formula is C29H50O. The summed E-state index contributed by atoms with van der Waals surface area (Å²) in [6, 6.07) is 0. The molecule has 0 spiro atoms. The first-order valence-electron chi connectivity index (χ1n) is 13.5. The summed E-state index contributed by atoms with van der Waals surface area (Å²) in [4.78, 5) is 0. The summed E-state index contributed by atoms with van der Waals surface area (Å²) in [6.07, 6.45) is 15.0. The maximum Gasteiger partial charge on any atom is 0.0625 e. The molecule has 0 saturated heterocycles. The van der Waals surface area contributed by atoms with Gasteiger partial charge in [0.25, 0.3) is 0 Å². The van der Waals surface area contributed by atoms with Crippen LogP contribution in [0.25, 0.3) is 0 Å². The third-order valence-electron chi connectivity index (χ3n) is 13.4. The van der Waals surface area contributed by atoms with E-state index in [0.717, 1.165) is 29.6 Å². The molecule has 5 aliphatic carbocycles. The van der Waals surface area contributed by atoms with Crippen molar-refractivity contribution >= 4 is 0 Å². The molecule has 5 aliphatic rings. The molecular weight excluding hydrogens is 364 g/mol. The van der Waals surface area contributed by atoms with Gasteiger partial charge in [-0.15, -0.1) is 0 Å². The van der Waals surface area contributed by atoms with E-state index in [1.807, 2.05) is 7.11 Å². The minimum absolute atomic E-state index is 0.311. The molecule has 0 bridgehead atoms. The van der Waals surface area contributed by atoms with Crippen molar-refractivity contribution in [3.8, 4) is 0 Å². The van der Waals surface area contributed by atoms with Gasteiger partial charge in [0.15, 0.2) is 0 Å². The highest BCUT2D eigenvalue weighted by atomic mass is 16.5. The molecule has 172 valence electrons. The van der Waals surface area contributed by atoms with Gasteiger partial charge in [-0.25, -0.2) is 0 Å². The lowest BCUT2D eigenvalue weighted by Gasteiger charge is -2.73. The minimum atomic E-state index is 0.311. The Labute approximate surface area is 187 Å². The lowest BCUT2D eigenvalue weighted by molar-refractivity contribution is -0.248. The average Bonchev–Trinajstić information content (AvgIpc) is 2.97. The van der Waals surface area contributed by atoms with Crippen molar-refractivity contribution in [2.24, 2.45) is 56.7 Å². The smallest absolute Gasteiger partial charge is 0.0625 e. The van der Waals surface area contributed by atoms with Crippen LogP contribution >= 0.6 is 0 Å². The van der Waals surface area contributed by atoms with Gasteiger partial charge in [0.1, 0.15) is 0 Å².